The van der Waals surface area contributed by atoms with Crippen LogP contribution in [0.5, 0.6) is 11.5 Å². The number of rotatable bonds is 8. The molecule has 33 heavy (non-hydrogen) atoms. The summed E-state index contributed by atoms with van der Waals surface area (Å²) in [4.78, 5) is 13.2. The highest BCUT2D eigenvalue weighted by atomic mass is 32.2. The zero-order valence-electron chi connectivity index (χ0n) is 19.5. The van der Waals surface area contributed by atoms with Gasteiger partial charge in [0, 0.05) is 14.1 Å². The van der Waals surface area contributed by atoms with E-state index < -0.39 is 15.9 Å². The van der Waals surface area contributed by atoms with Gasteiger partial charge in [-0.15, -0.1) is 0 Å². The first-order valence-corrected chi connectivity index (χ1v) is 11.6. The Morgan fingerprint density at radius 3 is 2.33 bits per heavy atom. The van der Waals surface area contributed by atoms with Gasteiger partial charge in [-0.2, -0.15) is 5.10 Å². The number of ether oxygens (including phenoxy) is 2. The van der Waals surface area contributed by atoms with Gasteiger partial charge in [-0.1, -0.05) is 23.8 Å². The number of methoxy groups -OCH3 is 2. The zero-order chi connectivity index (χ0) is 24.3. The SMILES string of the molecule is COc1ccc(C(C)NC(=O)c2cnn(C)c2N(C)S(=O)(=O)c2ccc(C)cc2)cc1OC. The highest BCUT2D eigenvalue weighted by Crippen LogP contribution is 2.30. The molecule has 0 aliphatic heterocycles. The summed E-state index contributed by atoms with van der Waals surface area (Å²) in [5, 5.41) is 7.02. The van der Waals surface area contributed by atoms with Crippen LogP contribution in [0, 0.1) is 6.92 Å². The molecule has 0 radical (unpaired) electrons. The average molecular weight is 473 g/mol. The molecule has 1 amide bonds. The molecule has 1 atom stereocenters. The summed E-state index contributed by atoms with van der Waals surface area (Å²) in [5.41, 5.74) is 1.89. The maximum atomic E-state index is 13.2. The quantitative estimate of drug-likeness (QED) is 0.541. The fourth-order valence-electron chi connectivity index (χ4n) is 3.43. The van der Waals surface area contributed by atoms with Crippen molar-refractivity contribution in [1.82, 2.24) is 15.1 Å². The van der Waals surface area contributed by atoms with Crippen molar-refractivity contribution >= 4 is 21.7 Å². The smallest absolute Gasteiger partial charge is 0.265 e. The Balaban J connectivity index is 1.88. The molecule has 0 aliphatic carbocycles. The second kappa shape index (κ2) is 9.53. The normalized spacial score (nSPS) is 12.2. The molecule has 2 aromatic carbocycles. The molecule has 3 rings (SSSR count). The molecule has 0 bridgehead atoms. The van der Waals surface area contributed by atoms with Crippen LogP contribution >= 0.6 is 0 Å². The maximum Gasteiger partial charge on any atom is 0.265 e. The van der Waals surface area contributed by atoms with Gasteiger partial charge < -0.3 is 14.8 Å². The molecule has 176 valence electrons. The Labute approximate surface area is 194 Å². The fraction of sp³-hybridized carbons (Fsp3) is 0.304. The Bertz CT molecular complexity index is 1250. The minimum Gasteiger partial charge on any atom is -0.493 e. The number of nitrogens with zero attached hydrogens (tertiary/aromatic N) is 3. The van der Waals surface area contributed by atoms with Crippen molar-refractivity contribution < 1.29 is 22.7 Å². The number of sulfonamides is 1. The summed E-state index contributed by atoms with van der Waals surface area (Å²) in [7, 11) is 2.19. The van der Waals surface area contributed by atoms with E-state index in [-0.39, 0.29) is 22.3 Å². The van der Waals surface area contributed by atoms with Crippen LogP contribution in [0.1, 0.15) is 34.5 Å². The van der Waals surface area contributed by atoms with E-state index in [0.29, 0.717) is 11.5 Å². The van der Waals surface area contributed by atoms with Crippen LogP contribution in [0.3, 0.4) is 0 Å². The minimum absolute atomic E-state index is 0.127. The van der Waals surface area contributed by atoms with Crippen LogP contribution in [0.25, 0.3) is 0 Å². The second-order valence-electron chi connectivity index (χ2n) is 7.60. The molecule has 1 aromatic heterocycles. The number of aryl methyl sites for hydroxylation is 2. The lowest BCUT2D eigenvalue weighted by atomic mass is 10.1. The van der Waals surface area contributed by atoms with Gasteiger partial charge in [-0.25, -0.2) is 8.42 Å². The number of aromatic nitrogens is 2. The van der Waals surface area contributed by atoms with Crippen molar-refractivity contribution in [3.8, 4) is 11.5 Å². The number of hydrogen-bond donors (Lipinski definition) is 1. The van der Waals surface area contributed by atoms with Gasteiger partial charge >= 0.3 is 0 Å². The summed E-state index contributed by atoms with van der Waals surface area (Å²) >= 11 is 0. The van der Waals surface area contributed by atoms with Crippen LogP contribution in [0.4, 0.5) is 5.82 Å². The van der Waals surface area contributed by atoms with Crippen molar-refractivity contribution in [3.63, 3.8) is 0 Å². The Hall–Kier alpha value is -3.53. The zero-order valence-corrected chi connectivity index (χ0v) is 20.3. The van der Waals surface area contributed by atoms with Gasteiger partial charge in [0.05, 0.1) is 31.4 Å². The number of anilines is 1. The second-order valence-corrected chi connectivity index (χ2v) is 9.57. The van der Waals surface area contributed by atoms with Crippen LogP contribution in [-0.4, -0.2) is 45.4 Å². The number of nitrogens with one attached hydrogen (secondary N) is 1. The molecule has 0 spiro atoms. The minimum atomic E-state index is -3.89. The Morgan fingerprint density at radius 2 is 1.73 bits per heavy atom. The van der Waals surface area contributed by atoms with Crippen molar-refractivity contribution in [2.75, 3.05) is 25.6 Å². The summed E-state index contributed by atoms with van der Waals surface area (Å²) in [6, 6.07) is 11.5. The first kappa shape index (κ1) is 24.1. The molecule has 0 aliphatic rings. The monoisotopic (exact) mass is 472 g/mol. The largest absolute Gasteiger partial charge is 0.493 e. The molecule has 10 heteroatoms. The summed E-state index contributed by atoms with van der Waals surface area (Å²) in [6.07, 6.45) is 1.35. The van der Waals surface area contributed by atoms with Crippen molar-refractivity contribution in [2.45, 2.75) is 24.8 Å². The summed E-state index contributed by atoms with van der Waals surface area (Å²) < 4.78 is 39.4. The molecule has 0 saturated carbocycles. The lowest BCUT2D eigenvalue weighted by Gasteiger charge is -2.22. The Morgan fingerprint density at radius 1 is 1.09 bits per heavy atom. The molecule has 9 nitrogen and oxygen atoms in total. The third-order valence-corrected chi connectivity index (χ3v) is 7.15. The molecule has 3 aromatic rings. The first-order chi connectivity index (χ1) is 15.6. The van der Waals surface area contributed by atoms with E-state index in [4.69, 9.17) is 9.47 Å². The predicted molar refractivity (Wildman–Crippen MR) is 125 cm³/mol. The average Bonchev–Trinajstić information content (AvgIpc) is 3.19. The topological polar surface area (TPSA) is 103 Å². The molecular formula is C23H28N4O5S. The number of amides is 1. The van der Waals surface area contributed by atoms with Gasteiger partial charge in [-0.05, 0) is 43.7 Å². The number of carbonyl (C=O) groups excluding carboxylic acids is 1. The van der Waals surface area contributed by atoms with Gasteiger partial charge in [0.15, 0.2) is 17.3 Å². The molecule has 0 saturated heterocycles. The van der Waals surface area contributed by atoms with Gasteiger partial charge in [0.2, 0.25) is 0 Å². The molecule has 1 heterocycles. The molecule has 1 N–H and O–H groups in total. The van der Waals surface area contributed by atoms with Crippen molar-refractivity contribution in [2.24, 2.45) is 7.05 Å². The van der Waals surface area contributed by atoms with E-state index in [1.54, 1.807) is 38.4 Å². The van der Waals surface area contributed by atoms with E-state index in [0.717, 1.165) is 15.4 Å². The highest BCUT2D eigenvalue weighted by Gasteiger charge is 2.29. The predicted octanol–water partition coefficient (Wildman–Crippen LogP) is 3.06. The molecule has 0 fully saturated rings. The maximum absolute atomic E-state index is 13.2. The fourth-order valence-corrected chi connectivity index (χ4v) is 4.67. The number of carbonyl (C=O) groups is 1. The van der Waals surface area contributed by atoms with Crippen LogP contribution in [0.2, 0.25) is 0 Å². The first-order valence-electron chi connectivity index (χ1n) is 10.2. The standard InChI is InChI=1S/C23H28N4O5S/c1-15-7-10-18(11-8-15)33(29,30)27(4)23-19(14-24-26(23)3)22(28)25-16(2)17-9-12-20(31-5)21(13-17)32-6/h7-14,16H,1-6H3,(H,25,28). The van der Waals surface area contributed by atoms with E-state index in [9.17, 15) is 13.2 Å². The van der Waals surface area contributed by atoms with Crippen molar-refractivity contribution in [1.29, 1.82) is 0 Å². The highest BCUT2D eigenvalue weighted by molar-refractivity contribution is 7.92. The lowest BCUT2D eigenvalue weighted by Crippen LogP contribution is -2.32. The van der Waals surface area contributed by atoms with E-state index in [1.807, 2.05) is 19.9 Å². The van der Waals surface area contributed by atoms with E-state index >= 15 is 0 Å². The summed E-state index contributed by atoms with van der Waals surface area (Å²) in [5.74, 6) is 0.832. The third kappa shape index (κ3) is 4.80. The van der Waals surface area contributed by atoms with Crippen LogP contribution in [0.15, 0.2) is 53.6 Å². The number of benzene rings is 2. The van der Waals surface area contributed by atoms with E-state index in [1.165, 1.54) is 37.2 Å². The Kier molecular flexibility index (Phi) is 6.97. The molecule has 1 unspecified atom stereocenters. The van der Waals surface area contributed by atoms with Gasteiger partial charge in [0.25, 0.3) is 15.9 Å². The summed E-state index contributed by atoms with van der Waals surface area (Å²) in [6.45, 7) is 3.70. The van der Waals surface area contributed by atoms with Crippen molar-refractivity contribution in [3.05, 3.63) is 65.4 Å². The van der Waals surface area contributed by atoms with E-state index in [2.05, 4.69) is 10.4 Å². The third-order valence-electron chi connectivity index (χ3n) is 5.38. The number of hydrogen-bond acceptors (Lipinski definition) is 6. The van der Waals surface area contributed by atoms with Gasteiger partial charge in [0.1, 0.15) is 5.56 Å². The van der Waals surface area contributed by atoms with Crippen LogP contribution < -0.4 is 19.1 Å². The lowest BCUT2D eigenvalue weighted by molar-refractivity contribution is 0.0940. The van der Waals surface area contributed by atoms with Gasteiger partial charge in [-0.3, -0.25) is 13.8 Å². The molecular weight excluding hydrogens is 444 g/mol. The van der Waals surface area contributed by atoms with Crippen LogP contribution in [-0.2, 0) is 17.1 Å².